The van der Waals surface area contributed by atoms with Gasteiger partial charge in [0.05, 0.1) is 17.8 Å². The van der Waals surface area contributed by atoms with E-state index in [4.69, 9.17) is 4.74 Å². The summed E-state index contributed by atoms with van der Waals surface area (Å²) >= 11 is 0. The molecule has 0 bridgehead atoms. The summed E-state index contributed by atoms with van der Waals surface area (Å²) in [5, 5.41) is 10.1. The molecule has 2 aromatic carbocycles. The van der Waals surface area contributed by atoms with Gasteiger partial charge >= 0.3 is 31.1 Å². The van der Waals surface area contributed by atoms with Crippen molar-refractivity contribution in [1.29, 1.82) is 0 Å². The zero-order valence-corrected chi connectivity index (χ0v) is 16.6. The first-order chi connectivity index (χ1) is 10.5. The second kappa shape index (κ2) is 12.0. The zero-order chi connectivity index (χ0) is 16.4. The Bertz CT molecular complexity index is 585. The minimum Gasteiger partial charge on any atom is -0.436 e. The predicted molar refractivity (Wildman–Crippen MR) is 83.6 cm³/mol. The molecule has 1 radical (unpaired) electrons. The fourth-order valence-electron chi connectivity index (χ4n) is 1.44. The maximum atomic E-state index is 10.1. The van der Waals surface area contributed by atoms with E-state index < -0.39 is 4.92 Å². The fourth-order valence-corrected chi connectivity index (χ4v) is 1.44. The van der Waals surface area contributed by atoms with Crippen LogP contribution in [0.5, 0.6) is 0 Å². The Hall–Kier alpha value is -1.48. The summed E-state index contributed by atoms with van der Waals surface area (Å²) in [5.41, 5.74) is 1.45. The first-order valence-corrected chi connectivity index (χ1v) is 6.47. The molecular formula is C17H16NO4U. The van der Waals surface area contributed by atoms with Crippen LogP contribution >= 0.6 is 0 Å². The molecule has 2 rings (SSSR count). The van der Waals surface area contributed by atoms with Gasteiger partial charge in [0.2, 0.25) is 5.69 Å². The van der Waals surface area contributed by atoms with Crippen molar-refractivity contribution in [3.8, 4) is 0 Å². The monoisotopic (exact) mass is 536 g/mol. The number of rotatable bonds is 5. The Morgan fingerprint density at radius 3 is 2.09 bits per heavy atom. The van der Waals surface area contributed by atoms with Crippen LogP contribution in [0.15, 0.2) is 54.6 Å². The molecule has 0 unspecified atom stereocenters. The second-order valence-corrected chi connectivity index (χ2v) is 4.32. The summed E-state index contributed by atoms with van der Waals surface area (Å²) in [4.78, 5) is 19.6. The number of hydrogen-bond donors (Lipinski definition) is 0. The van der Waals surface area contributed by atoms with Crippen LogP contribution in [0.1, 0.15) is 11.1 Å². The van der Waals surface area contributed by atoms with E-state index >= 15 is 0 Å². The molecule has 0 aliphatic heterocycles. The molecule has 0 saturated heterocycles. The smallest absolute Gasteiger partial charge is 0.436 e. The van der Waals surface area contributed by atoms with Crippen molar-refractivity contribution in [2.24, 2.45) is 0 Å². The zero-order valence-electron chi connectivity index (χ0n) is 12.5. The summed E-state index contributed by atoms with van der Waals surface area (Å²) in [6, 6.07) is 15.2. The van der Waals surface area contributed by atoms with Crippen molar-refractivity contribution >= 4 is 12.0 Å². The maximum absolute atomic E-state index is 10.1. The standard InChI is InChI=1S/C10H12O.C7H4NO3.U/c1-9(2)11-8-10-6-4-3-5-7-10;9-5-6-1-3-7(4-2-6)8(10)11;/h3-7,9H,1-2,8H2;1-4H;/q-2;-1;+3. The average molecular weight is 536 g/mol. The Morgan fingerprint density at radius 2 is 1.65 bits per heavy atom. The molecule has 2 aromatic rings. The Kier molecular flexibility index (Phi) is 11.2. The van der Waals surface area contributed by atoms with E-state index in [1.807, 2.05) is 30.3 Å². The predicted octanol–water partition coefficient (Wildman–Crippen LogP) is 3.29. The van der Waals surface area contributed by atoms with E-state index in [0.717, 1.165) is 5.56 Å². The molecule has 23 heavy (non-hydrogen) atoms. The van der Waals surface area contributed by atoms with Crippen molar-refractivity contribution in [2.45, 2.75) is 12.7 Å². The van der Waals surface area contributed by atoms with Crippen molar-refractivity contribution < 1.29 is 45.6 Å². The van der Waals surface area contributed by atoms with E-state index in [0.29, 0.717) is 12.2 Å². The SMILES string of the molecule is O=[C-]c1ccc([N+](=O)[O-])cc1.[CH2-]C([CH2-])OCc1ccccc1.[U+3]. The third-order valence-corrected chi connectivity index (χ3v) is 2.52. The van der Waals surface area contributed by atoms with Gasteiger partial charge in [-0.3, -0.25) is 10.1 Å². The van der Waals surface area contributed by atoms with Gasteiger partial charge in [-0.15, -0.1) is 0 Å². The largest absolute Gasteiger partial charge is 3.00 e. The van der Waals surface area contributed by atoms with Crippen LogP contribution in [0, 0.1) is 55.1 Å². The van der Waals surface area contributed by atoms with E-state index in [2.05, 4.69) is 13.8 Å². The molecular weight excluding hydrogens is 520 g/mol. The Morgan fingerprint density at radius 1 is 1.09 bits per heavy atom. The number of hydrogen-bond acceptors (Lipinski definition) is 4. The molecule has 0 atom stereocenters. The molecule has 0 saturated carbocycles. The third-order valence-electron chi connectivity index (χ3n) is 2.52. The third kappa shape index (κ3) is 9.29. The van der Waals surface area contributed by atoms with Crippen LogP contribution in [0.3, 0.4) is 0 Å². The normalized spacial score (nSPS) is 9.35. The fraction of sp³-hybridized carbons (Fsp3) is 0.118. The molecule has 0 aliphatic rings. The van der Waals surface area contributed by atoms with Gasteiger partial charge in [0.25, 0.3) is 0 Å². The summed E-state index contributed by atoms with van der Waals surface area (Å²) in [6.07, 6.45) is 1.44. The summed E-state index contributed by atoms with van der Waals surface area (Å²) < 4.78 is 5.21. The molecule has 6 heteroatoms. The number of nitrogens with zero attached hydrogens (tertiary/aromatic N) is 1. The van der Waals surface area contributed by atoms with Crippen LogP contribution < -0.4 is 0 Å². The van der Waals surface area contributed by atoms with Crippen LogP contribution in [0.25, 0.3) is 0 Å². The second-order valence-electron chi connectivity index (χ2n) is 4.32. The molecule has 0 fully saturated rings. The van der Waals surface area contributed by atoms with Crippen LogP contribution in [-0.2, 0) is 16.1 Å². The molecule has 117 valence electrons. The van der Waals surface area contributed by atoms with Crippen molar-refractivity contribution in [3.63, 3.8) is 0 Å². The minimum atomic E-state index is -0.519. The number of ether oxygens (including phenoxy) is 1. The van der Waals surface area contributed by atoms with Crippen molar-refractivity contribution in [2.75, 3.05) is 0 Å². The van der Waals surface area contributed by atoms with Gasteiger partial charge in [0.1, 0.15) is 0 Å². The van der Waals surface area contributed by atoms with Gasteiger partial charge in [-0.1, -0.05) is 30.3 Å². The molecule has 0 amide bonds. The molecule has 0 aromatic heterocycles. The number of nitro groups is 1. The summed E-state index contributed by atoms with van der Waals surface area (Å²) in [6.45, 7) is 7.84. The number of carbonyl (C=O) groups excluding carboxylic acids is 1. The van der Waals surface area contributed by atoms with Gasteiger partial charge in [-0.2, -0.15) is 23.8 Å². The molecule has 0 N–H and O–H groups in total. The molecule has 0 spiro atoms. The van der Waals surface area contributed by atoms with Crippen LogP contribution in [0.4, 0.5) is 5.69 Å². The summed E-state index contributed by atoms with van der Waals surface area (Å²) in [7, 11) is 0. The Labute approximate surface area is 159 Å². The summed E-state index contributed by atoms with van der Waals surface area (Å²) in [5.74, 6) is 0. The maximum Gasteiger partial charge on any atom is 3.00 e. The molecule has 5 nitrogen and oxygen atoms in total. The van der Waals surface area contributed by atoms with Gasteiger partial charge < -0.3 is 23.4 Å². The van der Waals surface area contributed by atoms with Gasteiger partial charge in [0.15, 0.2) is 0 Å². The Balaban J connectivity index is 0.000000403. The number of non-ortho nitro benzene ring substituents is 1. The minimum absolute atomic E-state index is 0. The van der Waals surface area contributed by atoms with E-state index in [1.165, 1.54) is 24.3 Å². The molecule has 0 aliphatic carbocycles. The molecule has 0 heterocycles. The van der Waals surface area contributed by atoms with E-state index in [9.17, 15) is 14.9 Å². The van der Waals surface area contributed by atoms with E-state index in [1.54, 1.807) is 6.29 Å². The van der Waals surface area contributed by atoms with Crippen LogP contribution in [0.2, 0.25) is 0 Å². The first-order valence-electron chi connectivity index (χ1n) is 6.47. The van der Waals surface area contributed by atoms with Crippen molar-refractivity contribution in [1.82, 2.24) is 0 Å². The quantitative estimate of drug-likeness (QED) is 0.334. The number of nitro benzene ring substituents is 1. The number of benzene rings is 2. The van der Waals surface area contributed by atoms with Crippen molar-refractivity contribution in [3.05, 3.63) is 89.7 Å². The topological polar surface area (TPSA) is 69.4 Å². The van der Waals surface area contributed by atoms with E-state index in [-0.39, 0.29) is 42.9 Å². The van der Waals surface area contributed by atoms with Gasteiger partial charge in [0, 0.05) is 0 Å². The first kappa shape index (κ1) is 21.5. The van der Waals surface area contributed by atoms with Gasteiger partial charge in [-0.25, -0.2) is 0 Å². The average Bonchev–Trinajstić information content (AvgIpc) is 2.54. The van der Waals surface area contributed by atoms with Crippen LogP contribution in [-0.4, -0.2) is 17.3 Å². The van der Waals surface area contributed by atoms with Gasteiger partial charge in [-0.05, 0) is 17.7 Å².